The number of halogens is 4. The summed E-state index contributed by atoms with van der Waals surface area (Å²) in [5.41, 5.74) is 1.25. The van der Waals surface area contributed by atoms with E-state index < -0.39 is 24.9 Å². The topological polar surface area (TPSA) is 75.1 Å². The summed E-state index contributed by atoms with van der Waals surface area (Å²) in [4.78, 5) is 13.8. The lowest BCUT2D eigenvalue weighted by atomic mass is 10.0. The van der Waals surface area contributed by atoms with Crippen molar-refractivity contribution in [2.45, 2.75) is 50.7 Å². The molecule has 2 atom stereocenters. The number of carbonyl (C=O) groups is 1. The Bertz CT molecular complexity index is 1220. The molecule has 2 aromatic heterocycles. The van der Waals surface area contributed by atoms with Gasteiger partial charge in [-0.2, -0.15) is 13.2 Å². The average molecular weight is 511 g/mol. The van der Waals surface area contributed by atoms with Gasteiger partial charge in [-0.3, -0.25) is 4.79 Å². The molecule has 12 heteroatoms. The molecule has 1 aliphatic heterocycles. The van der Waals surface area contributed by atoms with Crippen molar-refractivity contribution in [2.75, 3.05) is 25.5 Å². The maximum Gasteiger partial charge on any atom is 0.406 e. The number of hydrogen-bond donors (Lipinski definition) is 2. The monoisotopic (exact) mass is 510 g/mol. The molecule has 188 valence electrons. The van der Waals surface area contributed by atoms with E-state index in [1.807, 2.05) is 11.9 Å². The van der Waals surface area contributed by atoms with Crippen molar-refractivity contribution in [2.24, 2.45) is 5.92 Å². The third-order valence-electron chi connectivity index (χ3n) is 6.42. The van der Waals surface area contributed by atoms with Crippen molar-refractivity contribution in [3.8, 4) is 10.7 Å². The van der Waals surface area contributed by atoms with Crippen molar-refractivity contribution in [1.82, 2.24) is 25.0 Å². The van der Waals surface area contributed by atoms with Crippen LogP contribution >= 0.6 is 11.3 Å². The van der Waals surface area contributed by atoms with Gasteiger partial charge in [0.15, 0.2) is 5.01 Å². The summed E-state index contributed by atoms with van der Waals surface area (Å²) in [5, 5.41) is 15.6. The molecule has 2 fully saturated rings. The number of alkyl halides is 4. The first-order valence-electron chi connectivity index (χ1n) is 11.6. The van der Waals surface area contributed by atoms with Crippen LogP contribution in [0.15, 0.2) is 24.3 Å². The molecule has 0 spiro atoms. The second-order valence-corrected chi connectivity index (χ2v) is 10.3. The standard InChI is InChI=1S/C23H26F4N6OS/c1-32-8-7-17(15(24)11-32)29-16-3-2-4-18-14(16)9-19(33(18)12-23(25,26)27)22-31-30-20(35-22)10-28-21(34)13-5-6-13/h2-4,9,13,15,17,29H,5-8,10-12H2,1H3,(H,28,34)/t15-,17+/m1/s1. The van der Waals surface area contributed by atoms with Crippen LogP contribution < -0.4 is 10.6 Å². The van der Waals surface area contributed by atoms with Gasteiger partial charge in [0.1, 0.15) is 17.7 Å². The largest absolute Gasteiger partial charge is 0.406 e. The second kappa shape index (κ2) is 9.38. The van der Waals surface area contributed by atoms with Gasteiger partial charge in [0.2, 0.25) is 5.91 Å². The Morgan fingerprint density at radius 1 is 1.23 bits per heavy atom. The highest BCUT2D eigenvalue weighted by Crippen LogP contribution is 2.37. The zero-order valence-electron chi connectivity index (χ0n) is 19.1. The molecule has 0 unspecified atom stereocenters. The number of likely N-dealkylation sites (tertiary alicyclic amines) is 1. The minimum absolute atomic E-state index is 0.0382. The van der Waals surface area contributed by atoms with Crippen LogP contribution in [0.5, 0.6) is 0 Å². The Morgan fingerprint density at radius 2 is 2.03 bits per heavy atom. The summed E-state index contributed by atoms with van der Waals surface area (Å²) in [6.07, 6.45) is -3.19. The number of fused-ring (bicyclic) bond motifs is 1. The fourth-order valence-electron chi connectivity index (χ4n) is 4.44. The highest BCUT2D eigenvalue weighted by molar-refractivity contribution is 7.14. The molecule has 3 aromatic rings. The summed E-state index contributed by atoms with van der Waals surface area (Å²) in [6.45, 7) is 0.0357. The van der Waals surface area contributed by atoms with E-state index in [2.05, 4.69) is 20.8 Å². The number of carbonyl (C=O) groups excluding carboxylic acids is 1. The lowest BCUT2D eigenvalue weighted by Gasteiger charge is -2.33. The van der Waals surface area contributed by atoms with Crippen LogP contribution in [0.2, 0.25) is 0 Å². The van der Waals surface area contributed by atoms with Gasteiger partial charge in [0.05, 0.1) is 23.8 Å². The van der Waals surface area contributed by atoms with Crippen LogP contribution in [0.4, 0.5) is 23.2 Å². The number of benzene rings is 1. The van der Waals surface area contributed by atoms with Gasteiger partial charge >= 0.3 is 6.18 Å². The zero-order valence-corrected chi connectivity index (χ0v) is 19.9. The molecule has 1 amide bonds. The third-order valence-corrected chi connectivity index (χ3v) is 7.36. The van der Waals surface area contributed by atoms with Crippen LogP contribution in [0.25, 0.3) is 21.6 Å². The smallest absolute Gasteiger partial charge is 0.379 e. The highest BCUT2D eigenvalue weighted by Gasteiger charge is 2.32. The van der Waals surface area contributed by atoms with Crippen molar-refractivity contribution >= 4 is 33.8 Å². The molecular weight excluding hydrogens is 484 g/mol. The average Bonchev–Trinajstić information content (AvgIpc) is 3.44. The van der Waals surface area contributed by atoms with Crippen molar-refractivity contribution in [3.05, 3.63) is 29.3 Å². The van der Waals surface area contributed by atoms with E-state index >= 15 is 0 Å². The molecule has 2 N–H and O–H groups in total. The number of aromatic nitrogens is 3. The highest BCUT2D eigenvalue weighted by atomic mass is 32.1. The Kier molecular flexibility index (Phi) is 6.43. The van der Waals surface area contributed by atoms with E-state index in [-0.39, 0.29) is 24.1 Å². The Balaban J connectivity index is 1.46. The molecule has 1 aromatic carbocycles. The molecule has 7 nitrogen and oxygen atoms in total. The zero-order chi connectivity index (χ0) is 24.7. The van der Waals surface area contributed by atoms with Crippen molar-refractivity contribution in [1.29, 1.82) is 0 Å². The van der Waals surface area contributed by atoms with Gasteiger partial charge in [0, 0.05) is 30.1 Å². The number of nitrogens with one attached hydrogen (secondary N) is 2. The number of nitrogens with zero attached hydrogens (tertiary/aromatic N) is 4. The molecule has 0 bridgehead atoms. The number of hydrogen-bond acceptors (Lipinski definition) is 6. The van der Waals surface area contributed by atoms with E-state index in [1.165, 1.54) is 4.57 Å². The number of rotatable bonds is 7. The summed E-state index contributed by atoms with van der Waals surface area (Å²) < 4.78 is 56.4. The number of piperidine rings is 1. The van der Waals surface area contributed by atoms with E-state index in [0.717, 1.165) is 30.7 Å². The first-order valence-corrected chi connectivity index (χ1v) is 12.4. The number of amides is 1. The molecule has 1 saturated heterocycles. The molecule has 1 aliphatic carbocycles. The normalized spacial score (nSPS) is 21.4. The fraction of sp³-hybridized carbons (Fsp3) is 0.522. The molecule has 35 heavy (non-hydrogen) atoms. The van der Waals surface area contributed by atoms with Gasteiger partial charge in [-0.05, 0) is 44.5 Å². The first kappa shape index (κ1) is 24.0. The molecular formula is C23H26F4N6OS. The Morgan fingerprint density at radius 3 is 2.74 bits per heavy atom. The van der Waals surface area contributed by atoms with Crippen LogP contribution in [0.3, 0.4) is 0 Å². The third kappa shape index (κ3) is 5.43. The van der Waals surface area contributed by atoms with Gasteiger partial charge in [-0.15, -0.1) is 10.2 Å². The van der Waals surface area contributed by atoms with Crippen molar-refractivity contribution < 1.29 is 22.4 Å². The molecule has 3 heterocycles. The summed E-state index contributed by atoms with van der Waals surface area (Å²) >= 11 is 1.15. The van der Waals surface area contributed by atoms with E-state index in [4.69, 9.17) is 0 Å². The molecule has 2 aliphatic rings. The van der Waals surface area contributed by atoms with E-state index in [1.54, 1.807) is 24.3 Å². The fourth-order valence-corrected chi connectivity index (χ4v) is 5.24. The maximum atomic E-state index is 14.6. The first-order chi connectivity index (χ1) is 16.7. The SMILES string of the molecule is CN1CC[C@H](Nc2cccc3c2cc(-c2nnc(CNC(=O)C4CC4)s2)n3CC(F)(F)F)[C@H](F)C1. The lowest BCUT2D eigenvalue weighted by Crippen LogP contribution is -2.46. The quantitative estimate of drug-likeness (QED) is 0.466. The van der Waals surface area contributed by atoms with Crippen LogP contribution in [0.1, 0.15) is 24.3 Å². The molecule has 1 saturated carbocycles. The van der Waals surface area contributed by atoms with Gasteiger partial charge in [-0.1, -0.05) is 17.4 Å². The summed E-state index contributed by atoms with van der Waals surface area (Å²) in [5.74, 6) is 0.0137. The molecule has 0 radical (unpaired) electrons. The van der Waals surface area contributed by atoms with Gasteiger partial charge in [0.25, 0.3) is 0 Å². The van der Waals surface area contributed by atoms with Crippen LogP contribution in [-0.4, -0.2) is 64.1 Å². The van der Waals surface area contributed by atoms with Gasteiger partial charge in [-0.25, -0.2) is 4.39 Å². The van der Waals surface area contributed by atoms with Crippen LogP contribution in [-0.2, 0) is 17.9 Å². The maximum absolute atomic E-state index is 14.6. The van der Waals surface area contributed by atoms with Gasteiger partial charge < -0.3 is 20.1 Å². The van der Waals surface area contributed by atoms with E-state index in [9.17, 15) is 22.4 Å². The lowest BCUT2D eigenvalue weighted by molar-refractivity contribution is -0.139. The summed E-state index contributed by atoms with van der Waals surface area (Å²) in [6, 6.07) is 6.28. The van der Waals surface area contributed by atoms with Crippen LogP contribution in [0, 0.1) is 5.92 Å². The second-order valence-electron chi connectivity index (χ2n) is 9.28. The molecule has 5 rings (SSSR count). The predicted octanol–water partition coefficient (Wildman–Crippen LogP) is 4.20. The predicted molar refractivity (Wildman–Crippen MR) is 126 cm³/mol. The number of anilines is 1. The summed E-state index contributed by atoms with van der Waals surface area (Å²) in [7, 11) is 1.86. The van der Waals surface area contributed by atoms with E-state index in [0.29, 0.717) is 39.6 Å². The minimum Gasteiger partial charge on any atom is -0.379 e. The minimum atomic E-state index is -4.45. The Hall–Kier alpha value is -2.73. The Labute approximate surface area is 203 Å². The van der Waals surface area contributed by atoms with Crippen molar-refractivity contribution in [3.63, 3.8) is 0 Å².